The minimum atomic E-state index is -5.03. The molecule has 0 bridgehead atoms. The first-order valence-corrected chi connectivity index (χ1v) is 8.43. The van der Waals surface area contributed by atoms with Crippen molar-refractivity contribution in [3.63, 3.8) is 0 Å². The Morgan fingerprint density at radius 3 is 2.50 bits per heavy atom. The molecule has 3 rings (SSSR count). The number of aryl methyl sites for hydroxylation is 1. The van der Waals surface area contributed by atoms with E-state index in [1.54, 1.807) is 0 Å². The van der Waals surface area contributed by atoms with Crippen molar-refractivity contribution in [1.82, 2.24) is 15.0 Å². The highest BCUT2D eigenvalue weighted by molar-refractivity contribution is 7.98. The van der Waals surface area contributed by atoms with Gasteiger partial charge in [-0.05, 0) is 25.3 Å². The van der Waals surface area contributed by atoms with Crippen molar-refractivity contribution in [2.45, 2.75) is 42.5 Å². The Morgan fingerprint density at radius 2 is 1.85 bits per heavy atom. The number of thioether (sulfide) groups is 1. The zero-order valence-electron chi connectivity index (χ0n) is 13.0. The molecule has 0 aromatic carbocycles. The fraction of sp³-hybridized carbons (Fsp3) is 0.400. The third kappa shape index (κ3) is 3.71. The van der Waals surface area contributed by atoms with Gasteiger partial charge < -0.3 is 4.98 Å². The predicted molar refractivity (Wildman–Crippen MR) is 80.7 cm³/mol. The molecule has 0 spiro atoms. The van der Waals surface area contributed by atoms with Crippen LogP contribution in [-0.4, -0.2) is 15.0 Å². The summed E-state index contributed by atoms with van der Waals surface area (Å²) >= 11 is 0.608. The first-order chi connectivity index (χ1) is 12.1. The Bertz CT molecular complexity index is 858. The van der Waals surface area contributed by atoms with E-state index in [-0.39, 0.29) is 5.16 Å². The zero-order valence-corrected chi connectivity index (χ0v) is 13.8. The lowest BCUT2D eigenvalue weighted by Gasteiger charge is -2.17. The lowest BCUT2D eigenvalue weighted by atomic mass is 10.1. The molecule has 0 atom stereocenters. The van der Waals surface area contributed by atoms with Gasteiger partial charge in [-0.1, -0.05) is 11.8 Å². The van der Waals surface area contributed by atoms with E-state index in [1.165, 1.54) is 0 Å². The molecule has 1 aliphatic rings. The van der Waals surface area contributed by atoms with Crippen LogP contribution in [0.1, 0.15) is 34.5 Å². The third-order valence-corrected chi connectivity index (χ3v) is 4.80. The molecule has 0 saturated heterocycles. The van der Waals surface area contributed by atoms with Gasteiger partial charge >= 0.3 is 12.4 Å². The SMILES string of the molecule is O=c1[nH]c(SCc2c(C(F)(F)F)ccnc2C(F)(F)F)nc2c1CCC2. The molecule has 2 heterocycles. The summed E-state index contributed by atoms with van der Waals surface area (Å²) in [5, 5.41) is -0.0132. The molecule has 0 radical (unpaired) electrons. The van der Waals surface area contributed by atoms with E-state index in [2.05, 4.69) is 15.0 Å². The Morgan fingerprint density at radius 1 is 1.12 bits per heavy atom. The minimum absolute atomic E-state index is 0.0132. The number of hydrogen-bond acceptors (Lipinski definition) is 4. The molecule has 4 nitrogen and oxygen atoms in total. The van der Waals surface area contributed by atoms with E-state index in [4.69, 9.17) is 0 Å². The van der Waals surface area contributed by atoms with Crippen LogP contribution in [0.4, 0.5) is 26.3 Å². The maximum absolute atomic E-state index is 13.1. The molecule has 140 valence electrons. The molecule has 0 aliphatic heterocycles. The Hall–Kier alpha value is -2.04. The van der Waals surface area contributed by atoms with Gasteiger partial charge in [-0.3, -0.25) is 9.78 Å². The summed E-state index contributed by atoms with van der Waals surface area (Å²) in [5.74, 6) is -0.681. The average molecular weight is 395 g/mol. The number of fused-ring (bicyclic) bond motifs is 1. The van der Waals surface area contributed by atoms with Crippen molar-refractivity contribution in [3.05, 3.63) is 50.7 Å². The second-order valence-electron chi connectivity index (χ2n) is 5.62. The molecule has 1 aliphatic carbocycles. The molecule has 0 amide bonds. The van der Waals surface area contributed by atoms with E-state index in [9.17, 15) is 31.1 Å². The lowest BCUT2D eigenvalue weighted by molar-refractivity contribution is -0.146. The Balaban J connectivity index is 1.97. The summed E-state index contributed by atoms with van der Waals surface area (Å²) in [6.45, 7) is 0. The summed E-state index contributed by atoms with van der Waals surface area (Å²) in [7, 11) is 0. The number of nitrogens with zero attached hydrogens (tertiary/aromatic N) is 2. The van der Waals surface area contributed by atoms with Gasteiger partial charge in [0.15, 0.2) is 5.16 Å². The maximum Gasteiger partial charge on any atom is 0.433 e. The summed E-state index contributed by atoms with van der Waals surface area (Å²) in [4.78, 5) is 21.5. The van der Waals surface area contributed by atoms with Gasteiger partial charge in [0.25, 0.3) is 5.56 Å². The largest absolute Gasteiger partial charge is 0.433 e. The third-order valence-electron chi connectivity index (χ3n) is 3.90. The van der Waals surface area contributed by atoms with Crippen LogP contribution in [0.15, 0.2) is 22.2 Å². The molecule has 2 aromatic rings. The number of halogens is 6. The van der Waals surface area contributed by atoms with E-state index in [0.29, 0.717) is 48.1 Å². The van der Waals surface area contributed by atoms with Crippen molar-refractivity contribution >= 4 is 11.8 Å². The fourth-order valence-corrected chi connectivity index (χ4v) is 3.69. The molecule has 11 heteroatoms. The summed E-state index contributed by atoms with van der Waals surface area (Å²) in [6.07, 6.45) is -7.66. The van der Waals surface area contributed by atoms with Crippen LogP contribution >= 0.6 is 11.8 Å². The van der Waals surface area contributed by atoms with Crippen LogP contribution in [0, 0.1) is 0 Å². The highest BCUT2D eigenvalue weighted by Crippen LogP contribution is 2.40. The lowest BCUT2D eigenvalue weighted by Crippen LogP contribution is -2.18. The van der Waals surface area contributed by atoms with E-state index < -0.39 is 40.5 Å². The molecule has 0 fully saturated rings. The van der Waals surface area contributed by atoms with Gasteiger partial charge in [0, 0.05) is 23.1 Å². The van der Waals surface area contributed by atoms with E-state index >= 15 is 0 Å². The van der Waals surface area contributed by atoms with Crippen LogP contribution in [-0.2, 0) is 30.9 Å². The van der Waals surface area contributed by atoms with Crippen LogP contribution in [0.5, 0.6) is 0 Å². The molecule has 26 heavy (non-hydrogen) atoms. The smallest absolute Gasteiger partial charge is 0.301 e. The molecule has 2 aromatic heterocycles. The van der Waals surface area contributed by atoms with Gasteiger partial charge in [-0.15, -0.1) is 0 Å². The normalized spacial score (nSPS) is 14.5. The maximum atomic E-state index is 13.1. The van der Waals surface area contributed by atoms with Crippen LogP contribution in [0.3, 0.4) is 0 Å². The summed E-state index contributed by atoms with van der Waals surface area (Å²) < 4.78 is 78.5. The first-order valence-electron chi connectivity index (χ1n) is 7.44. The van der Waals surface area contributed by atoms with Crippen molar-refractivity contribution in [1.29, 1.82) is 0 Å². The van der Waals surface area contributed by atoms with Crippen molar-refractivity contribution in [3.8, 4) is 0 Å². The number of pyridine rings is 1. The predicted octanol–water partition coefficient (Wildman–Crippen LogP) is 3.98. The quantitative estimate of drug-likeness (QED) is 0.485. The topological polar surface area (TPSA) is 58.6 Å². The van der Waals surface area contributed by atoms with Crippen molar-refractivity contribution < 1.29 is 26.3 Å². The first kappa shape index (κ1) is 18.7. The number of alkyl halides is 6. The van der Waals surface area contributed by atoms with Crippen LogP contribution in [0.25, 0.3) is 0 Å². The molecular weight excluding hydrogens is 384 g/mol. The van der Waals surface area contributed by atoms with Gasteiger partial charge in [0.2, 0.25) is 0 Å². The summed E-state index contributed by atoms with van der Waals surface area (Å²) in [6, 6.07) is 0.504. The highest BCUT2D eigenvalue weighted by atomic mass is 32.2. The molecule has 0 saturated carbocycles. The molecule has 1 N–H and O–H groups in total. The van der Waals surface area contributed by atoms with Crippen LogP contribution < -0.4 is 5.56 Å². The number of aromatic nitrogens is 3. The molecule has 0 unspecified atom stereocenters. The van der Waals surface area contributed by atoms with Gasteiger partial charge in [-0.2, -0.15) is 26.3 Å². The van der Waals surface area contributed by atoms with E-state index in [1.807, 2.05) is 0 Å². The standard InChI is InChI=1S/C15H11F6N3OS/c16-14(17,18)9-4-5-22-11(15(19,20)21)8(9)6-26-13-23-10-3-1-2-7(10)12(25)24-13/h4-5H,1-3,6H2,(H,23,24,25). The van der Waals surface area contributed by atoms with Crippen LogP contribution in [0.2, 0.25) is 0 Å². The van der Waals surface area contributed by atoms with Gasteiger partial charge in [0.1, 0.15) is 5.69 Å². The highest BCUT2D eigenvalue weighted by Gasteiger charge is 2.41. The monoisotopic (exact) mass is 395 g/mol. The fourth-order valence-electron chi connectivity index (χ4n) is 2.78. The molecular formula is C15H11F6N3OS. The Kier molecular flexibility index (Phi) is 4.76. The second kappa shape index (κ2) is 6.60. The van der Waals surface area contributed by atoms with Gasteiger partial charge in [-0.25, -0.2) is 4.98 Å². The average Bonchev–Trinajstić information content (AvgIpc) is 3.00. The van der Waals surface area contributed by atoms with Crippen molar-refractivity contribution in [2.24, 2.45) is 0 Å². The Labute approximate surface area is 147 Å². The number of nitrogens with one attached hydrogen (secondary N) is 1. The van der Waals surface area contributed by atoms with E-state index in [0.717, 1.165) is 6.42 Å². The number of H-pyrrole nitrogens is 1. The number of rotatable bonds is 3. The van der Waals surface area contributed by atoms with Crippen molar-refractivity contribution in [2.75, 3.05) is 0 Å². The van der Waals surface area contributed by atoms with Gasteiger partial charge in [0.05, 0.1) is 11.3 Å². The minimum Gasteiger partial charge on any atom is -0.301 e. The number of aromatic amines is 1. The second-order valence-corrected chi connectivity index (χ2v) is 6.58. The number of hydrogen-bond donors (Lipinski definition) is 1. The summed E-state index contributed by atoms with van der Waals surface area (Å²) in [5.41, 5.74) is -3.34. The zero-order chi connectivity index (χ0) is 19.1.